The molecule has 0 nitrogen and oxygen atoms in total. The maximum atomic E-state index is 2.27. The Morgan fingerprint density at radius 2 is 0.556 bits per heavy atom. The summed E-state index contributed by atoms with van der Waals surface area (Å²) in [6, 6.07) is 0. The van der Waals surface area contributed by atoms with Crippen LogP contribution in [0.5, 0.6) is 0 Å². The average Bonchev–Trinajstić information content (AvgIpc) is 1.25. The molecular formula is C6H20NiP2+2. The number of hydrogen-bond acceptors (Lipinski definition) is 0. The van der Waals surface area contributed by atoms with Gasteiger partial charge in [-0.05, 0) is 15.8 Å². The maximum absolute atomic E-state index is 2.27. The zero-order chi connectivity index (χ0) is 7.15. The van der Waals surface area contributed by atoms with Gasteiger partial charge < -0.3 is 0 Å². The minimum Gasteiger partial charge on any atom is -0.00840 e. The van der Waals surface area contributed by atoms with Crippen LogP contribution in [0.15, 0.2) is 0 Å². The van der Waals surface area contributed by atoms with E-state index in [-0.39, 0.29) is 32.3 Å². The van der Waals surface area contributed by atoms with Gasteiger partial charge in [-0.25, -0.2) is 0 Å². The maximum Gasteiger partial charge on any atom is 0.0461 e. The minimum atomic E-state index is 0. The Morgan fingerprint density at radius 3 is 0.556 bits per heavy atom. The molecule has 0 fully saturated rings. The Labute approximate surface area is 72.6 Å². The van der Waals surface area contributed by atoms with Crippen molar-refractivity contribution in [2.24, 2.45) is 0 Å². The van der Waals surface area contributed by atoms with Crippen molar-refractivity contribution in [3.05, 3.63) is 0 Å². The zero-order valence-corrected chi connectivity index (χ0v) is 10.3. The fourth-order valence-electron chi connectivity index (χ4n) is 0. The molecule has 3 heteroatoms. The second-order valence-corrected chi connectivity index (χ2v) is 9.00. The third-order valence-corrected chi connectivity index (χ3v) is 0. The summed E-state index contributed by atoms with van der Waals surface area (Å²) in [5.74, 6) is 0. The van der Waals surface area contributed by atoms with E-state index in [1.165, 1.54) is 0 Å². The SMILES string of the molecule is C[PH+](C)C.C[PH+](C)C.[Ni]. The topological polar surface area (TPSA) is 0 Å². The average molecular weight is 213 g/mol. The van der Waals surface area contributed by atoms with Crippen LogP contribution in [0.2, 0.25) is 0 Å². The summed E-state index contributed by atoms with van der Waals surface area (Å²) in [5, 5.41) is 0. The molecule has 0 aromatic heterocycles. The molecule has 0 heterocycles. The zero-order valence-electron chi connectivity index (χ0n) is 7.32. The Morgan fingerprint density at radius 1 is 0.556 bits per heavy atom. The van der Waals surface area contributed by atoms with Crippen molar-refractivity contribution in [1.82, 2.24) is 0 Å². The summed E-state index contributed by atoms with van der Waals surface area (Å²) in [4.78, 5) is 0. The molecule has 0 saturated carbocycles. The molecular weight excluding hydrogens is 193 g/mol. The Hall–Kier alpha value is 1.35. The van der Waals surface area contributed by atoms with E-state index in [4.69, 9.17) is 0 Å². The van der Waals surface area contributed by atoms with Crippen molar-refractivity contribution in [1.29, 1.82) is 0 Å². The van der Waals surface area contributed by atoms with Crippen LogP contribution in [0.1, 0.15) is 0 Å². The fourth-order valence-corrected chi connectivity index (χ4v) is 0. The van der Waals surface area contributed by atoms with Crippen molar-refractivity contribution in [2.75, 3.05) is 40.0 Å². The van der Waals surface area contributed by atoms with E-state index >= 15 is 0 Å². The molecule has 0 saturated heterocycles. The second kappa shape index (κ2) is 12.1. The first kappa shape index (κ1) is 16.8. The Bertz CT molecular complexity index is 26.5. The first-order valence-corrected chi connectivity index (χ1v) is 9.00. The van der Waals surface area contributed by atoms with Crippen LogP contribution in [-0.2, 0) is 16.5 Å². The predicted octanol–water partition coefficient (Wildman–Crippen LogP) is 2.18. The van der Waals surface area contributed by atoms with Crippen LogP contribution in [0.25, 0.3) is 0 Å². The largest absolute Gasteiger partial charge is 0.0461 e. The Balaban J connectivity index is -0.0000000720. The molecule has 62 valence electrons. The van der Waals surface area contributed by atoms with Crippen LogP contribution < -0.4 is 0 Å². The van der Waals surface area contributed by atoms with Crippen LogP contribution in [-0.4, -0.2) is 40.0 Å². The van der Waals surface area contributed by atoms with E-state index in [1.54, 1.807) is 0 Å². The number of hydrogen-bond donors (Lipinski definition) is 0. The van der Waals surface area contributed by atoms with Gasteiger partial charge in [-0.15, -0.1) is 0 Å². The first-order chi connectivity index (χ1) is 3.46. The van der Waals surface area contributed by atoms with E-state index in [1.807, 2.05) is 0 Å². The summed E-state index contributed by atoms with van der Waals surface area (Å²) in [6.07, 6.45) is 0. The van der Waals surface area contributed by atoms with Crippen LogP contribution in [0.4, 0.5) is 0 Å². The normalized spacial score (nSPS) is 8.00. The quantitative estimate of drug-likeness (QED) is 0.427. The van der Waals surface area contributed by atoms with Gasteiger partial charge in [0.25, 0.3) is 0 Å². The van der Waals surface area contributed by atoms with Gasteiger partial charge in [-0.1, -0.05) is 0 Å². The monoisotopic (exact) mass is 212 g/mol. The third kappa shape index (κ3) is 276. The van der Waals surface area contributed by atoms with Crippen molar-refractivity contribution in [2.45, 2.75) is 0 Å². The van der Waals surface area contributed by atoms with Gasteiger partial charge in [-0.2, -0.15) is 0 Å². The molecule has 0 aromatic carbocycles. The molecule has 0 aliphatic heterocycles. The van der Waals surface area contributed by atoms with Crippen molar-refractivity contribution in [3.8, 4) is 0 Å². The second-order valence-electron chi connectivity index (χ2n) is 3.00. The van der Waals surface area contributed by atoms with Gasteiger partial charge in [0.1, 0.15) is 0 Å². The van der Waals surface area contributed by atoms with Crippen LogP contribution in [0.3, 0.4) is 0 Å². The Kier molecular flexibility index (Phi) is 22.5. The molecule has 0 spiro atoms. The molecule has 0 amide bonds. The van der Waals surface area contributed by atoms with Crippen molar-refractivity contribution < 1.29 is 16.5 Å². The molecule has 9 heavy (non-hydrogen) atoms. The minimum absolute atomic E-state index is 0. The van der Waals surface area contributed by atoms with Crippen LogP contribution >= 0.6 is 15.8 Å². The molecule has 0 radical (unpaired) electrons. The van der Waals surface area contributed by atoms with E-state index in [9.17, 15) is 0 Å². The summed E-state index contributed by atoms with van der Waals surface area (Å²) in [7, 11) is 0.241. The van der Waals surface area contributed by atoms with Gasteiger partial charge in [0, 0.05) is 56.5 Å². The summed E-state index contributed by atoms with van der Waals surface area (Å²) < 4.78 is 0. The van der Waals surface area contributed by atoms with Gasteiger partial charge in [0.2, 0.25) is 0 Å². The molecule has 0 bridgehead atoms. The molecule has 0 aliphatic rings. The first-order valence-electron chi connectivity index (χ1n) is 3.00. The van der Waals surface area contributed by atoms with Crippen LogP contribution in [0, 0.1) is 0 Å². The molecule has 0 aliphatic carbocycles. The van der Waals surface area contributed by atoms with Gasteiger partial charge in [0.05, 0.1) is 0 Å². The van der Waals surface area contributed by atoms with Gasteiger partial charge in [0.15, 0.2) is 0 Å². The summed E-state index contributed by atoms with van der Waals surface area (Å²) in [6.45, 7) is 13.6. The molecule has 0 atom stereocenters. The van der Waals surface area contributed by atoms with Crippen molar-refractivity contribution >= 4 is 15.8 Å². The van der Waals surface area contributed by atoms with Crippen molar-refractivity contribution in [3.63, 3.8) is 0 Å². The smallest absolute Gasteiger partial charge is 0.00840 e. The predicted molar refractivity (Wildman–Crippen MR) is 52.2 cm³/mol. The van der Waals surface area contributed by atoms with E-state index < -0.39 is 0 Å². The van der Waals surface area contributed by atoms with E-state index in [0.29, 0.717) is 0 Å². The van der Waals surface area contributed by atoms with E-state index in [0.717, 1.165) is 0 Å². The van der Waals surface area contributed by atoms with Gasteiger partial charge >= 0.3 is 0 Å². The molecule has 0 N–H and O–H groups in total. The summed E-state index contributed by atoms with van der Waals surface area (Å²) >= 11 is 0. The molecule has 0 unspecified atom stereocenters. The van der Waals surface area contributed by atoms with E-state index in [2.05, 4.69) is 40.0 Å². The third-order valence-electron chi connectivity index (χ3n) is 0. The molecule has 0 aromatic rings. The fraction of sp³-hybridized carbons (Fsp3) is 1.00. The van der Waals surface area contributed by atoms with Gasteiger partial charge in [-0.3, -0.25) is 0 Å². The molecule has 0 rings (SSSR count). The number of rotatable bonds is 0. The summed E-state index contributed by atoms with van der Waals surface area (Å²) in [5.41, 5.74) is 0. The standard InChI is InChI=1S/2C3H9P.Ni/c2*1-4(2)3;/h2*1-3H3;/p+2.